The van der Waals surface area contributed by atoms with Crippen molar-refractivity contribution in [3.63, 3.8) is 0 Å². The lowest BCUT2D eigenvalue weighted by Gasteiger charge is -2.42. The van der Waals surface area contributed by atoms with E-state index in [2.05, 4.69) is 186 Å². The third-order valence-electron chi connectivity index (χ3n) is 12.9. The van der Waals surface area contributed by atoms with Gasteiger partial charge in [0.05, 0.1) is 33.6 Å². The second kappa shape index (κ2) is 12.0. The molecule has 1 unspecified atom stereocenters. The highest BCUT2D eigenvalue weighted by molar-refractivity contribution is 6.13. The Morgan fingerprint density at radius 2 is 1.03 bits per heavy atom. The molecule has 0 amide bonds. The molecule has 278 valence electrons. The van der Waals surface area contributed by atoms with E-state index in [0.29, 0.717) is 0 Å². The zero-order valence-corrected chi connectivity index (χ0v) is 32.3. The normalized spacial score (nSPS) is 16.7. The summed E-state index contributed by atoms with van der Waals surface area (Å²) in [7, 11) is 0. The van der Waals surface area contributed by atoms with Gasteiger partial charge in [-0.2, -0.15) is 0 Å². The molecule has 3 aliphatic heterocycles. The number of para-hydroxylation sites is 6. The average molecular weight is 757 g/mol. The van der Waals surface area contributed by atoms with Crippen molar-refractivity contribution in [1.29, 1.82) is 0 Å². The molecule has 1 atom stereocenters. The first-order chi connectivity index (χ1) is 29.1. The monoisotopic (exact) mass is 756 g/mol. The smallest absolute Gasteiger partial charge is 0.152 e. The quantitative estimate of drug-likeness (QED) is 0.179. The molecule has 0 bridgehead atoms. The first kappa shape index (κ1) is 32.5. The number of anilines is 2. The van der Waals surface area contributed by atoms with Crippen molar-refractivity contribution in [2.75, 3.05) is 4.90 Å². The van der Waals surface area contributed by atoms with Crippen LogP contribution >= 0.6 is 0 Å². The van der Waals surface area contributed by atoms with E-state index >= 15 is 0 Å². The van der Waals surface area contributed by atoms with Crippen LogP contribution in [0.15, 0.2) is 188 Å². The van der Waals surface area contributed by atoms with E-state index in [4.69, 9.17) is 9.47 Å². The minimum absolute atomic E-state index is 0.203. The van der Waals surface area contributed by atoms with E-state index in [9.17, 15) is 0 Å². The molecule has 0 saturated carbocycles. The molecule has 1 aliphatic carbocycles. The molecular weight excluding hydrogens is 721 g/mol. The van der Waals surface area contributed by atoms with E-state index in [-0.39, 0.29) is 5.54 Å². The van der Waals surface area contributed by atoms with Crippen molar-refractivity contribution >= 4 is 44.3 Å². The van der Waals surface area contributed by atoms with Crippen LogP contribution in [-0.2, 0) is 0 Å². The summed E-state index contributed by atoms with van der Waals surface area (Å²) < 4.78 is 15.1. The van der Waals surface area contributed by atoms with E-state index in [0.717, 1.165) is 46.3 Å². The van der Waals surface area contributed by atoms with Crippen LogP contribution in [0, 0.1) is 0 Å². The number of allylic oxidation sites excluding steroid dienone is 2. The van der Waals surface area contributed by atoms with Gasteiger partial charge in [0.15, 0.2) is 23.0 Å². The fourth-order valence-electron chi connectivity index (χ4n) is 10.1. The molecule has 4 heteroatoms. The fourth-order valence-corrected chi connectivity index (χ4v) is 10.1. The predicted molar refractivity (Wildman–Crippen MR) is 241 cm³/mol. The van der Waals surface area contributed by atoms with Crippen LogP contribution in [0.5, 0.6) is 23.0 Å². The Morgan fingerprint density at radius 1 is 0.475 bits per heavy atom. The predicted octanol–water partition coefficient (Wildman–Crippen LogP) is 14.8. The highest BCUT2D eigenvalue weighted by Crippen LogP contribution is 2.62. The number of hydrogen-bond donors (Lipinski definition) is 0. The van der Waals surface area contributed by atoms with Gasteiger partial charge < -0.3 is 18.9 Å². The van der Waals surface area contributed by atoms with Crippen molar-refractivity contribution in [3.8, 4) is 62.1 Å². The Hall–Kier alpha value is -7.56. The summed E-state index contributed by atoms with van der Waals surface area (Å²) in [6.45, 7) is 2.37. The Balaban J connectivity index is 0.837. The van der Waals surface area contributed by atoms with Gasteiger partial charge in [-0.15, -0.1) is 0 Å². The van der Waals surface area contributed by atoms with E-state index in [1.54, 1.807) is 0 Å². The number of nitrogens with zero attached hydrogens (tertiary/aromatic N) is 2. The number of hydrogen-bond acceptors (Lipinski definition) is 3. The molecule has 0 saturated heterocycles. The Bertz CT molecular complexity index is 3350. The van der Waals surface area contributed by atoms with Gasteiger partial charge >= 0.3 is 0 Å². The Morgan fingerprint density at radius 3 is 1.78 bits per heavy atom. The summed E-state index contributed by atoms with van der Waals surface area (Å²) in [5, 5.41) is 2.42. The van der Waals surface area contributed by atoms with Crippen LogP contribution in [0.3, 0.4) is 0 Å². The summed E-state index contributed by atoms with van der Waals surface area (Å²) in [5.74, 6) is 3.61. The van der Waals surface area contributed by atoms with Crippen LogP contribution in [0.2, 0.25) is 0 Å². The lowest BCUT2D eigenvalue weighted by molar-refractivity contribution is 0.462. The van der Waals surface area contributed by atoms with Crippen molar-refractivity contribution in [3.05, 3.63) is 199 Å². The number of fused-ring (bicyclic) bond motifs is 10. The third-order valence-corrected chi connectivity index (χ3v) is 12.9. The number of benzene rings is 8. The van der Waals surface area contributed by atoms with E-state index < -0.39 is 0 Å². The highest BCUT2D eigenvalue weighted by Gasteiger charge is 2.49. The van der Waals surface area contributed by atoms with Crippen molar-refractivity contribution in [1.82, 2.24) is 4.57 Å². The first-order valence-electron chi connectivity index (χ1n) is 20.4. The van der Waals surface area contributed by atoms with Crippen LogP contribution in [0.1, 0.15) is 24.5 Å². The lowest BCUT2D eigenvalue weighted by atomic mass is 9.79. The molecule has 4 heterocycles. The van der Waals surface area contributed by atoms with Gasteiger partial charge in [-0.3, -0.25) is 0 Å². The summed E-state index contributed by atoms with van der Waals surface area (Å²) in [6, 6.07) is 63.3. The first-order valence-corrected chi connectivity index (χ1v) is 20.4. The second-order valence-corrected chi connectivity index (χ2v) is 16.3. The van der Waals surface area contributed by atoms with Crippen LogP contribution in [0.25, 0.3) is 72.0 Å². The van der Waals surface area contributed by atoms with Gasteiger partial charge in [0.2, 0.25) is 0 Å². The van der Waals surface area contributed by atoms with Crippen molar-refractivity contribution in [2.45, 2.75) is 18.9 Å². The topological polar surface area (TPSA) is 26.6 Å². The number of ether oxygens (including phenoxy) is 2. The maximum atomic E-state index is 6.43. The summed E-state index contributed by atoms with van der Waals surface area (Å²) in [5.41, 5.74) is 17.7. The molecule has 4 aliphatic rings. The third kappa shape index (κ3) is 4.66. The molecule has 9 aromatic rings. The lowest BCUT2D eigenvalue weighted by Crippen LogP contribution is -2.41. The minimum Gasteiger partial charge on any atom is -0.453 e. The SMILES string of the molecule is CC12CC=C(c3cccc(-c4cccc(-c5cccc(-c6ccc7c(c6)c6cccc8c6n7-c6ccccc6O8)c5)c4)c3)C=C1c1cccc3c1N2c1ccccc1O3. The van der Waals surface area contributed by atoms with E-state index in [1.807, 2.05) is 18.2 Å². The van der Waals surface area contributed by atoms with Gasteiger partial charge in [0.1, 0.15) is 0 Å². The average Bonchev–Trinajstić information content (AvgIpc) is 3.77. The van der Waals surface area contributed by atoms with Crippen LogP contribution < -0.4 is 14.4 Å². The fraction of sp³-hybridized carbons (Fsp3) is 0.0545. The molecule has 0 fully saturated rings. The summed E-state index contributed by atoms with van der Waals surface area (Å²) >= 11 is 0. The van der Waals surface area contributed by atoms with Gasteiger partial charge in [-0.25, -0.2) is 0 Å². The molecule has 0 spiro atoms. The van der Waals surface area contributed by atoms with Gasteiger partial charge in [0, 0.05) is 16.3 Å². The highest BCUT2D eigenvalue weighted by atomic mass is 16.5. The van der Waals surface area contributed by atoms with Crippen LogP contribution in [0.4, 0.5) is 11.4 Å². The molecule has 8 aromatic carbocycles. The molecular formula is C55H36N2O2. The zero-order chi connectivity index (χ0) is 38.8. The Labute approximate surface area is 342 Å². The Kier molecular flexibility index (Phi) is 6.60. The summed E-state index contributed by atoms with van der Waals surface area (Å²) in [4.78, 5) is 2.51. The van der Waals surface area contributed by atoms with Gasteiger partial charge in [-0.1, -0.05) is 115 Å². The molecule has 0 radical (unpaired) electrons. The maximum Gasteiger partial charge on any atom is 0.152 e. The minimum atomic E-state index is -0.203. The zero-order valence-electron chi connectivity index (χ0n) is 32.3. The summed E-state index contributed by atoms with van der Waals surface area (Å²) in [6.07, 6.45) is 5.73. The largest absolute Gasteiger partial charge is 0.453 e. The van der Waals surface area contributed by atoms with Crippen molar-refractivity contribution < 1.29 is 9.47 Å². The maximum absolute atomic E-state index is 6.43. The van der Waals surface area contributed by atoms with Crippen molar-refractivity contribution in [2.24, 2.45) is 0 Å². The molecule has 1 aromatic heterocycles. The standard InChI is InChI=1S/C55H36N2O2/c1-55-28-27-41(33-45(55)43-18-10-24-52-54(43)57(55)48-20-3-5-22-50(48)59-52)39-16-8-14-37(31-39)35-12-6-11-34(29-35)36-13-7-15-38(30-36)40-25-26-46-44(32-40)42-17-9-23-51-53(42)56(46)47-19-2-4-21-49(47)58-51/h2-27,29-33H,28H2,1H3. The molecule has 4 nitrogen and oxygen atoms in total. The van der Waals surface area contributed by atoms with Crippen LogP contribution in [-0.4, -0.2) is 10.1 Å². The molecule has 0 N–H and O–H groups in total. The van der Waals surface area contributed by atoms with Gasteiger partial charge in [-0.05, 0) is 136 Å². The molecule has 13 rings (SSSR count). The van der Waals surface area contributed by atoms with Gasteiger partial charge in [0.25, 0.3) is 0 Å². The number of aromatic nitrogens is 1. The second-order valence-electron chi connectivity index (χ2n) is 16.3. The molecule has 59 heavy (non-hydrogen) atoms. The van der Waals surface area contributed by atoms with E-state index in [1.165, 1.54) is 77.6 Å². The number of rotatable bonds is 4.